The number of oxazole rings is 3. The van der Waals surface area contributed by atoms with Gasteiger partial charge in [0.05, 0.1) is 132 Å². The average Bonchev–Trinajstić information content (AvgIpc) is 1.61. The van der Waals surface area contributed by atoms with Crippen molar-refractivity contribution in [2.45, 2.75) is 97.4 Å². The summed E-state index contributed by atoms with van der Waals surface area (Å²) in [6, 6.07) is 44.2. The Bertz CT molecular complexity index is 6960. The van der Waals surface area contributed by atoms with E-state index in [1.807, 2.05) is 0 Å². The predicted molar refractivity (Wildman–Crippen MR) is 479 cm³/mol. The van der Waals surface area contributed by atoms with Crippen LogP contribution in [0, 0.1) is 24.2 Å². The molecule has 0 spiro atoms. The molecule has 672 valence electrons. The molecule has 129 heavy (non-hydrogen) atoms. The number of aromatic nitrogens is 6. The average molecular weight is 2070 g/mol. The molecule has 0 saturated heterocycles. The minimum absolute atomic E-state index is 0.00675. The molecule has 6 heterocycles. The summed E-state index contributed by atoms with van der Waals surface area (Å²) in [5.41, 5.74) is 3.28. The van der Waals surface area contributed by atoms with Gasteiger partial charge < -0.3 is 43.4 Å². The molecule has 17 rings (SSSR count). The molecule has 0 radical (unpaired) electrons. The van der Waals surface area contributed by atoms with Gasteiger partial charge in [0, 0.05) is 48.9 Å². The van der Waals surface area contributed by atoms with Crippen LogP contribution in [0.1, 0.15) is 79.5 Å². The van der Waals surface area contributed by atoms with Crippen molar-refractivity contribution in [1.29, 1.82) is 0 Å². The summed E-state index contributed by atoms with van der Waals surface area (Å²) >= 11 is 27.0. The number of pyridine rings is 3. The van der Waals surface area contributed by atoms with E-state index >= 15 is 0 Å². The number of alkyl halides is 6. The SMILES string of the molecule is CC1C[CH-]C1.COc1cc(C2CC(C(F)(F)F)C2)c(Cl)cc1-n1c(=O)ccc2cc(S(=O)(=O)Nc3ncco3)ccc21.COc1ccc(CN(c2ncco2)S(=O)(=O)c2ccc3c(ccc(=O)n3-c3cc(Cl)c(Br)cc3OC)c2)cc1.COc1ccc(CN(c2ncco2)S(=O)(=O)c2ccc3c(ccc(=O)n3-c3cc(Cl)c(C4CC(C(F)(F)F)C4)cc3OC)c2)cc1.[Zn+][Br]. The van der Waals surface area contributed by atoms with Gasteiger partial charge in [-0.05, 0) is 209 Å². The first-order valence-corrected chi connectivity index (χ1v) is 52.3. The van der Waals surface area contributed by atoms with Crippen LogP contribution in [-0.4, -0.2) is 102 Å². The Morgan fingerprint density at radius 1 is 0.473 bits per heavy atom. The number of sulfonamides is 3. The van der Waals surface area contributed by atoms with Crippen LogP contribution < -0.4 is 53.7 Å². The van der Waals surface area contributed by atoms with Gasteiger partial charge in [0.1, 0.15) is 47.5 Å². The molecule has 0 unspecified atom stereocenters. The summed E-state index contributed by atoms with van der Waals surface area (Å²) in [6.07, 6.45) is 4.03. The molecule has 0 aliphatic heterocycles. The summed E-state index contributed by atoms with van der Waals surface area (Å²) in [6.45, 7) is 2.16. The molecule has 0 amide bonds. The monoisotopic (exact) mass is 2070 g/mol. The Balaban J connectivity index is 0.000000160. The van der Waals surface area contributed by atoms with Gasteiger partial charge in [0.15, 0.2) is 0 Å². The van der Waals surface area contributed by atoms with Gasteiger partial charge in [0.25, 0.3) is 46.7 Å². The van der Waals surface area contributed by atoms with Gasteiger partial charge in [0.2, 0.25) is 0 Å². The molecule has 14 aromatic rings. The molecule has 0 atom stereocenters. The first kappa shape index (κ1) is 95.9. The van der Waals surface area contributed by atoms with Gasteiger partial charge in [-0.15, -0.1) is 0 Å². The van der Waals surface area contributed by atoms with Crippen molar-refractivity contribution < 1.29 is 105 Å². The zero-order valence-corrected chi connectivity index (χ0v) is 79.8. The number of rotatable bonds is 23. The van der Waals surface area contributed by atoms with E-state index in [1.54, 1.807) is 92.0 Å². The number of methoxy groups -OCH3 is 5. The molecule has 3 saturated carbocycles. The predicted octanol–water partition coefficient (Wildman–Crippen LogP) is 20.9. The molecule has 41 heteroatoms. The Hall–Kier alpha value is -10.7. The Labute approximate surface area is 774 Å². The first-order chi connectivity index (χ1) is 61.5. The third-order valence-electron chi connectivity index (χ3n) is 21.7. The normalized spacial score (nSPS) is 15.6. The molecule has 3 aliphatic rings. The number of ether oxygens (including phenoxy) is 5. The second kappa shape index (κ2) is 40.3. The maximum absolute atomic E-state index is 14.0. The Kier molecular flexibility index (Phi) is 30.0. The Morgan fingerprint density at radius 2 is 0.822 bits per heavy atom. The zero-order chi connectivity index (χ0) is 92.8. The maximum atomic E-state index is 14.0. The van der Waals surface area contributed by atoms with E-state index < -0.39 is 71.3 Å². The van der Waals surface area contributed by atoms with Crippen molar-refractivity contribution in [1.82, 2.24) is 28.7 Å². The molecule has 3 aliphatic carbocycles. The number of nitrogens with one attached hydrogen (secondary N) is 1. The van der Waals surface area contributed by atoms with Gasteiger partial charge in [-0.3, -0.25) is 28.1 Å². The van der Waals surface area contributed by atoms with Crippen molar-refractivity contribution in [3.05, 3.63) is 293 Å². The summed E-state index contributed by atoms with van der Waals surface area (Å²) < 4.78 is 211. The van der Waals surface area contributed by atoms with Crippen LogP contribution in [0.25, 0.3) is 49.8 Å². The molecule has 3 fully saturated rings. The fourth-order valence-electron chi connectivity index (χ4n) is 14.6. The van der Waals surface area contributed by atoms with Crippen LogP contribution in [0.3, 0.4) is 0 Å². The number of fused-ring (bicyclic) bond motifs is 3. The second-order valence-corrected chi connectivity index (χ2v) is 37.2. The van der Waals surface area contributed by atoms with E-state index in [0.29, 0.717) is 87.4 Å². The number of hydrogen-bond acceptors (Lipinski definition) is 20. The van der Waals surface area contributed by atoms with Gasteiger partial charge in [-0.1, -0.05) is 71.9 Å². The number of halogens is 11. The van der Waals surface area contributed by atoms with Crippen molar-refractivity contribution in [2.24, 2.45) is 17.8 Å². The second-order valence-electron chi connectivity index (χ2n) is 29.7. The van der Waals surface area contributed by atoms with Crippen LogP contribution in [0.2, 0.25) is 15.1 Å². The molecule has 0 bridgehead atoms. The van der Waals surface area contributed by atoms with E-state index in [4.69, 9.17) is 71.7 Å². The van der Waals surface area contributed by atoms with Crippen LogP contribution >= 0.6 is 64.4 Å². The minimum atomic E-state index is -4.27. The van der Waals surface area contributed by atoms with Crippen LogP contribution in [0.5, 0.6) is 28.7 Å². The van der Waals surface area contributed by atoms with Gasteiger partial charge in [-0.25, -0.2) is 53.5 Å². The zero-order valence-electron chi connectivity index (χ0n) is 68.9. The van der Waals surface area contributed by atoms with Crippen LogP contribution in [0.4, 0.5) is 44.4 Å². The Morgan fingerprint density at radius 3 is 1.15 bits per heavy atom. The van der Waals surface area contributed by atoms with E-state index in [2.05, 4.69) is 62.6 Å². The van der Waals surface area contributed by atoms with Crippen molar-refractivity contribution in [3.8, 4) is 45.8 Å². The van der Waals surface area contributed by atoms with Crippen molar-refractivity contribution >= 4 is 145 Å². The van der Waals surface area contributed by atoms with Crippen LogP contribution in [-0.2, 0) is 59.5 Å². The summed E-state index contributed by atoms with van der Waals surface area (Å²) in [4.78, 5) is 50.9. The molecule has 1 N–H and O–H groups in total. The third-order valence-corrected chi connectivity index (χ3v) is 28.3. The fraction of sp³-hybridized carbons (Fsp3) is 0.239. The molecular weight excluding hydrogens is 2000 g/mol. The summed E-state index contributed by atoms with van der Waals surface area (Å²) in [5.74, 6) is -0.387. The third kappa shape index (κ3) is 21.2. The molecule has 26 nitrogen and oxygen atoms in total. The van der Waals surface area contributed by atoms with Crippen LogP contribution in [0.15, 0.2) is 260 Å². The molecule has 8 aromatic carbocycles. The molecule has 6 aromatic heterocycles. The summed E-state index contributed by atoms with van der Waals surface area (Å²) in [5, 5.41) is 2.13. The van der Waals surface area contributed by atoms with Crippen molar-refractivity contribution in [3.63, 3.8) is 0 Å². The number of benzene rings is 8. The fourth-order valence-corrected chi connectivity index (χ4v) is 19.5. The van der Waals surface area contributed by atoms with E-state index in [1.165, 1.54) is 200 Å². The number of anilines is 3. The standard InChI is InChI=1S/C32H27ClF3N3O6S.C27H21BrClN3O6S.C24H19ClF3N3O5S.C5H9.BrH.Zn/c1-43-23-6-3-19(4-7-23)18-38(31-37-11-12-45-31)46(41,42)24-8-9-27-20(15-24)5-10-30(40)39(27)28-17-26(33)25(16-29(28)44-2)21-13-22(14-21)32(34,35)36;1-36-19-6-3-17(4-7-19)16-31(27-30-11-12-38-27)39(34,35)20-8-9-23-18(13-20)5-10-26(33)32(23)24-15-22(29)21(28)14-25(24)37-2;1-35-21-11-17(14-8-15(9-14)24(26,27)28)18(25)12-20(21)31-19-4-3-16(10-13(19)2-5-22(31)32)37(33,34)30-23-29-6-7-36-23;1-5-3-2-4-5;;/h3-12,15-17,21-22H,13-14,18H2,1-2H3;3-15H,16H2,1-2H3;2-7,10-12,14-15H,8-9H2,1H3,(H,29,30);2,5H,3-4H2,1H3;1H;/q;;;-1;;+2/p-1. The van der Waals surface area contributed by atoms with Crippen molar-refractivity contribution in [2.75, 3.05) is 48.9 Å². The van der Waals surface area contributed by atoms with E-state index in [0.717, 1.165) is 14.5 Å². The number of nitrogens with zero attached hydrogens (tertiary/aromatic N) is 8. The number of hydrogen-bond donors (Lipinski definition) is 1. The van der Waals surface area contributed by atoms with E-state index in [9.17, 15) is 66.0 Å². The van der Waals surface area contributed by atoms with Gasteiger partial charge >= 0.3 is 60.4 Å². The first-order valence-electron chi connectivity index (χ1n) is 39.0. The topological polar surface area (TPSA) is 311 Å². The quantitative estimate of drug-likeness (QED) is 0.0353. The van der Waals surface area contributed by atoms with Gasteiger partial charge in [-0.2, -0.15) is 39.2 Å². The summed E-state index contributed by atoms with van der Waals surface area (Å²) in [7, 11) is -5.06. The van der Waals surface area contributed by atoms with E-state index in [-0.39, 0.29) is 116 Å². The molecular formula is C88H76Br2Cl3F6N9O17S3Zn.